The van der Waals surface area contributed by atoms with E-state index >= 15 is 0 Å². The van der Waals surface area contributed by atoms with Crippen molar-refractivity contribution < 1.29 is 24.2 Å². The molecule has 0 heterocycles. The largest absolute Gasteiger partial charge is 0.508 e. The van der Waals surface area contributed by atoms with Crippen LogP contribution in [0.15, 0.2) is 18.2 Å². The van der Waals surface area contributed by atoms with Crippen LogP contribution in [-0.4, -0.2) is 29.9 Å². The van der Waals surface area contributed by atoms with Crippen LogP contribution in [-0.2, 0) is 9.47 Å². The Balaban J connectivity index is 2.79. The van der Waals surface area contributed by atoms with Crippen molar-refractivity contribution in [2.45, 2.75) is 39.2 Å². The number of carbonyl (C=O) groups is 2. The van der Waals surface area contributed by atoms with Crippen LogP contribution in [0.3, 0.4) is 0 Å². The number of carboxylic acid groups (broad SMARTS) is 1. The van der Waals surface area contributed by atoms with Crippen LogP contribution < -0.4 is 0 Å². The molecule has 0 aromatic heterocycles. The highest BCUT2D eigenvalue weighted by molar-refractivity contribution is 6.30. The molecule has 0 aliphatic rings. The third-order valence-electron chi connectivity index (χ3n) is 3.02. The van der Waals surface area contributed by atoms with Crippen LogP contribution in [0.25, 0.3) is 0 Å². The Morgan fingerprint density at radius 2 is 2.00 bits per heavy atom. The van der Waals surface area contributed by atoms with Crippen molar-refractivity contribution in [2.24, 2.45) is 0 Å². The van der Waals surface area contributed by atoms with E-state index in [2.05, 4.69) is 0 Å². The fraction of sp³-hybridized carbons (Fsp3) is 0.467. The minimum Gasteiger partial charge on any atom is -0.478 e. The van der Waals surface area contributed by atoms with Gasteiger partial charge in [0.2, 0.25) is 0 Å². The van der Waals surface area contributed by atoms with Crippen LogP contribution in [0, 0.1) is 0 Å². The number of hydrogen-bond acceptors (Lipinski definition) is 4. The zero-order valence-corrected chi connectivity index (χ0v) is 13.0. The van der Waals surface area contributed by atoms with Crippen LogP contribution >= 0.6 is 11.6 Å². The standard InChI is InChI=1S/C15H19ClO5/c1-4-20-15(19)21-10(3)7-9(2)13-8-11(16)5-6-12(13)14(17)18/h5-6,8-10H,4,7H2,1-3H3,(H,17,18). The third kappa shape index (κ3) is 5.27. The number of benzene rings is 1. The van der Waals surface area contributed by atoms with Gasteiger partial charge < -0.3 is 14.6 Å². The number of carbonyl (C=O) groups excluding carboxylic acids is 1. The Morgan fingerprint density at radius 3 is 2.57 bits per heavy atom. The average Bonchev–Trinajstić information content (AvgIpc) is 2.37. The first-order valence-corrected chi connectivity index (χ1v) is 7.09. The van der Waals surface area contributed by atoms with E-state index in [0.29, 0.717) is 17.0 Å². The fourth-order valence-corrected chi connectivity index (χ4v) is 2.31. The van der Waals surface area contributed by atoms with Gasteiger partial charge in [0.25, 0.3) is 0 Å². The molecule has 0 spiro atoms. The molecule has 2 atom stereocenters. The molecular formula is C15H19ClO5. The van der Waals surface area contributed by atoms with Gasteiger partial charge in [-0.1, -0.05) is 18.5 Å². The topological polar surface area (TPSA) is 72.8 Å². The van der Waals surface area contributed by atoms with E-state index in [0.717, 1.165) is 0 Å². The Morgan fingerprint density at radius 1 is 1.33 bits per heavy atom. The highest BCUT2D eigenvalue weighted by Gasteiger charge is 2.20. The molecule has 1 aromatic carbocycles. The van der Waals surface area contributed by atoms with E-state index < -0.39 is 12.1 Å². The molecule has 0 radical (unpaired) electrons. The molecule has 21 heavy (non-hydrogen) atoms. The summed E-state index contributed by atoms with van der Waals surface area (Å²) < 4.78 is 9.78. The quantitative estimate of drug-likeness (QED) is 0.800. The second kappa shape index (κ2) is 7.88. The first kappa shape index (κ1) is 17.3. The van der Waals surface area contributed by atoms with Gasteiger partial charge >= 0.3 is 12.1 Å². The molecule has 1 rings (SSSR count). The Labute approximate surface area is 128 Å². The second-order valence-corrected chi connectivity index (χ2v) is 5.22. The van der Waals surface area contributed by atoms with Gasteiger partial charge in [-0.15, -0.1) is 0 Å². The molecule has 0 aliphatic carbocycles. The first-order chi connectivity index (χ1) is 9.85. The third-order valence-corrected chi connectivity index (χ3v) is 3.26. The van der Waals surface area contributed by atoms with Crippen LogP contribution in [0.4, 0.5) is 4.79 Å². The maximum atomic E-state index is 11.2. The summed E-state index contributed by atoms with van der Waals surface area (Å²) in [5, 5.41) is 9.68. The molecule has 116 valence electrons. The zero-order valence-electron chi connectivity index (χ0n) is 12.3. The predicted molar refractivity (Wildman–Crippen MR) is 79.0 cm³/mol. The van der Waals surface area contributed by atoms with Gasteiger partial charge in [0.1, 0.15) is 6.10 Å². The molecule has 0 saturated carbocycles. The first-order valence-electron chi connectivity index (χ1n) is 6.71. The molecule has 0 bridgehead atoms. The Bertz CT molecular complexity index is 515. The maximum absolute atomic E-state index is 11.2. The number of halogens is 1. The summed E-state index contributed by atoms with van der Waals surface area (Å²) in [6.45, 7) is 5.54. The molecular weight excluding hydrogens is 296 g/mol. The second-order valence-electron chi connectivity index (χ2n) is 4.78. The predicted octanol–water partition coefficient (Wildman–Crippen LogP) is 4.09. The summed E-state index contributed by atoms with van der Waals surface area (Å²) in [4.78, 5) is 22.5. The van der Waals surface area contributed by atoms with Gasteiger partial charge in [-0.25, -0.2) is 9.59 Å². The fourth-order valence-electron chi connectivity index (χ4n) is 2.13. The zero-order chi connectivity index (χ0) is 16.0. The van der Waals surface area contributed by atoms with Crippen molar-refractivity contribution in [3.05, 3.63) is 34.3 Å². The number of ether oxygens (including phenoxy) is 2. The molecule has 0 amide bonds. The van der Waals surface area contributed by atoms with Gasteiger partial charge in [0, 0.05) is 5.02 Å². The molecule has 0 fully saturated rings. The summed E-state index contributed by atoms with van der Waals surface area (Å²) >= 11 is 5.93. The summed E-state index contributed by atoms with van der Waals surface area (Å²) in [5.74, 6) is -1.13. The molecule has 0 saturated heterocycles. The Kier molecular flexibility index (Phi) is 6.49. The summed E-state index contributed by atoms with van der Waals surface area (Å²) in [5.41, 5.74) is 0.824. The maximum Gasteiger partial charge on any atom is 0.508 e. The van der Waals surface area contributed by atoms with Crippen molar-refractivity contribution in [1.82, 2.24) is 0 Å². The normalized spacial score (nSPS) is 13.3. The van der Waals surface area contributed by atoms with Gasteiger partial charge in [-0.3, -0.25) is 0 Å². The minimum absolute atomic E-state index is 0.126. The number of hydrogen-bond donors (Lipinski definition) is 1. The number of carboxylic acids is 1. The van der Waals surface area contributed by atoms with E-state index in [9.17, 15) is 14.7 Å². The Hall–Kier alpha value is -1.75. The van der Waals surface area contributed by atoms with Crippen LogP contribution in [0.2, 0.25) is 5.02 Å². The average molecular weight is 315 g/mol. The van der Waals surface area contributed by atoms with Crippen molar-refractivity contribution in [3.63, 3.8) is 0 Å². The monoisotopic (exact) mass is 314 g/mol. The lowest BCUT2D eigenvalue weighted by atomic mass is 9.91. The lowest BCUT2D eigenvalue weighted by Crippen LogP contribution is -2.18. The number of rotatable bonds is 6. The molecule has 2 unspecified atom stereocenters. The molecule has 1 N–H and O–H groups in total. The van der Waals surface area contributed by atoms with Gasteiger partial charge in [-0.05, 0) is 49.9 Å². The van der Waals surface area contributed by atoms with Gasteiger partial charge in [-0.2, -0.15) is 0 Å². The smallest absolute Gasteiger partial charge is 0.478 e. The lowest BCUT2D eigenvalue weighted by molar-refractivity contribution is 0.0278. The molecule has 6 heteroatoms. The number of aromatic carboxylic acids is 1. The van der Waals surface area contributed by atoms with Crippen molar-refractivity contribution in [1.29, 1.82) is 0 Å². The van der Waals surface area contributed by atoms with E-state index in [4.69, 9.17) is 21.1 Å². The minimum atomic E-state index is -1.01. The van der Waals surface area contributed by atoms with Crippen molar-refractivity contribution in [3.8, 4) is 0 Å². The summed E-state index contributed by atoms with van der Waals surface area (Å²) in [6, 6.07) is 4.65. The van der Waals surface area contributed by atoms with E-state index in [1.165, 1.54) is 6.07 Å². The highest BCUT2D eigenvalue weighted by atomic mass is 35.5. The van der Waals surface area contributed by atoms with Gasteiger partial charge in [0.05, 0.1) is 12.2 Å². The highest BCUT2D eigenvalue weighted by Crippen LogP contribution is 2.28. The lowest BCUT2D eigenvalue weighted by Gasteiger charge is -2.19. The summed E-state index contributed by atoms with van der Waals surface area (Å²) in [7, 11) is 0. The molecule has 0 aliphatic heterocycles. The molecule has 5 nitrogen and oxygen atoms in total. The van der Waals surface area contributed by atoms with E-state index in [1.807, 2.05) is 6.92 Å². The SMILES string of the molecule is CCOC(=O)OC(C)CC(C)c1cc(Cl)ccc1C(=O)O. The van der Waals surface area contributed by atoms with Gasteiger partial charge in [0.15, 0.2) is 0 Å². The van der Waals surface area contributed by atoms with Crippen LogP contribution in [0.5, 0.6) is 0 Å². The van der Waals surface area contributed by atoms with Crippen molar-refractivity contribution >= 4 is 23.7 Å². The summed E-state index contributed by atoms with van der Waals surface area (Å²) in [6.07, 6.45) is -0.638. The van der Waals surface area contributed by atoms with Crippen LogP contribution in [0.1, 0.15) is 49.0 Å². The van der Waals surface area contributed by atoms with E-state index in [1.54, 1.807) is 26.0 Å². The molecule has 1 aromatic rings. The van der Waals surface area contributed by atoms with E-state index in [-0.39, 0.29) is 24.2 Å². The van der Waals surface area contributed by atoms with Crippen molar-refractivity contribution in [2.75, 3.05) is 6.61 Å².